The number of rotatable bonds is 4. The summed E-state index contributed by atoms with van der Waals surface area (Å²) in [6, 6.07) is 0. The fourth-order valence-electron chi connectivity index (χ4n) is 0.424. The van der Waals surface area contributed by atoms with Gasteiger partial charge in [0.2, 0.25) is 0 Å². The Bertz CT molecular complexity index is 109. The molecule has 0 radical (unpaired) electrons. The molecule has 0 aromatic carbocycles. The molecule has 0 fully saturated rings. The van der Waals surface area contributed by atoms with Crippen LogP contribution in [-0.4, -0.2) is 29.4 Å². The Labute approximate surface area is 74.3 Å². The summed E-state index contributed by atoms with van der Waals surface area (Å²) in [4.78, 5) is 0. The first kappa shape index (κ1) is 11.4. The Morgan fingerprint density at radius 1 is 0.909 bits per heavy atom. The number of alkyl halides is 6. The lowest BCUT2D eigenvalue weighted by molar-refractivity contribution is -0.0182. The third kappa shape index (κ3) is 3.53. The highest BCUT2D eigenvalue weighted by molar-refractivity contribution is 14.1. The van der Waals surface area contributed by atoms with E-state index in [1.165, 1.54) is 22.6 Å². The first-order valence-electron chi connectivity index (χ1n) is 2.77. The van der Waals surface area contributed by atoms with Gasteiger partial charge in [-0.1, -0.05) is 22.6 Å². The molecular formula is C5H6F5I. The van der Waals surface area contributed by atoms with Crippen molar-refractivity contribution in [1.82, 2.24) is 0 Å². The van der Waals surface area contributed by atoms with Gasteiger partial charge in [-0.05, 0) is 0 Å². The van der Waals surface area contributed by atoms with Gasteiger partial charge in [-0.15, -0.1) is 0 Å². The topological polar surface area (TPSA) is 0 Å². The van der Waals surface area contributed by atoms with Crippen LogP contribution < -0.4 is 0 Å². The summed E-state index contributed by atoms with van der Waals surface area (Å²) in [5.41, 5.74) is 0. The van der Waals surface area contributed by atoms with E-state index in [-0.39, 0.29) is 4.43 Å². The highest BCUT2D eigenvalue weighted by Gasteiger charge is 2.35. The summed E-state index contributed by atoms with van der Waals surface area (Å²) in [6.07, 6.45) is -11.3. The average molecular weight is 288 g/mol. The second kappa shape index (κ2) is 5.10. The molecule has 0 saturated carbocycles. The maximum absolute atomic E-state index is 12.2. The number of hydrogen-bond donors (Lipinski definition) is 0. The fourth-order valence-corrected chi connectivity index (χ4v) is 0.909. The molecule has 3 atom stereocenters. The van der Waals surface area contributed by atoms with Gasteiger partial charge in [0.05, 0.1) is 0 Å². The van der Waals surface area contributed by atoms with Gasteiger partial charge in [0, 0.05) is 4.43 Å². The molecule has 3 unspecified atom stereocenters. The third-order valence-corrected chi connectivity index (χ3v) is 1.88. The van der Waals surface area contributed by atoms with Gasteiger partial charge < -0.3 is 0 Å². The predicted octanol–water partition coefficient (Wildman–Crippen LogP) is 2.70. The molecule has 68 valence electrons. The lowest BCUT2D eigenvalue weighted by Gasteiger charge is -2.14. The van der Waals surface area contributed by atoms with E-state index in [4.69, 9.17) is 0 Å². The van der Waals surface area contributed by atoms with Crippen LogP contribution in [0.5, 0.6) is 0 Å². The molecule has 11 heavy (non-hydrogen) atoms. The van der Waals surface area contributed by atoms with Crippen LogP contribution in [0, 0.1) is 0 Å². The molecule has 6 heteroatoms. The zero-order chi connectivity index (χ0) is 9.02. The molecular weight excluding hydrogens is 282 g/mol. The zero-order valence-corrected chi connectivity index (χ0v) is 7.44. The van der Waals surface area contributed by atoms with Crippen LogP contribution >= 0.6 is 22.6 Å². The largest absolute Gasteiger partial charge is 0.272 e. The lowest BCUT2D eigenvalue weighted by atomic mass is 10.2. The van der Waals surface area contributed by atoms with Crippen molar-refractivity contribution in [3.8, 4) is 0 Å². The maximum atomic E-state index is 12.2. The van der Waals surface area contributed by atoms with Crippen LogP contribution in [0.15, 0.2) is 0 Å². The lowest BCUT2D eigenvalue weighted by Crippen LogP contribution is -2.33. The van der Waals surface area contributed by atoms with Crippen LogP contribution in [-0.2, 0) is 0 Å². The quantitative estimate of drug-likeness (QED) is 0.424. The second-order valence-corrected chi connectivity index (χ2v) is 2.77. The van der Waals surface area contributed by atoms with E-state index in [1.807, 2.05) is 0 Å². The minimum Gasteiger partial charge on any atom is -0.243 e. The summed E-state index contributed by atoms with van der Waals surface area (Å²) < 4.78 is 58.8. The smallest absolute Gasteiger partial charge is 0.243 e. The summed E-state index contributed by atoms with van der Waals surface area (Å²) in [5, 5.41) is 0. The molecule has 0 aromatic rings. The van der Waals surface area contributed by atoms with Crippen molar-refractivity contribution in [3.63, 3.8) is 0 Å². The van der Waals surface area contributed by atoms with E-state index >= 15 is 0 Å². The Kier molecular flexibility index (Phi) is 5.28. The van der Waals surface area contributed by atoms with Crippen LogP contribution in [0.3, 0.4) is 0 Å². The molecule has 0 saturated heterocycles. The molecule has 0 amide bonds. The van der Waals surface area contributed by atoms with Crippen molar-refractivity contribution >= 4 is 22.6 Å². The van der Waals surface area contributed by atoms with Crippen molar-refractivity contribution < 1.29 is 22.0 Å². The summed E-state index contributed by atoms with van der Waals surface area (Å²) in [5.74, 6) is 0. The normalized spacial score (nSPS) is 19.9. The van der Waals surface area contributed by atoms with Gasteiger partial charge in [-0.3, -0.25) is 0 Å². The minimum atomic E-state index is -3.45. The summed E-state index contributed by atoms with van der Waals surface area (Å²) in [7, 11) is 0. The second-order valence-electron chi connectivity index (χ2n) is 1.89. The molecule has 0 spiro atoms. The Hall–Kier alpha value is 0.380. The van der Waals surface area contributed by atoms with Crippen molar-refractivity contribution in [2.24, 2.45) is 0 Å². The van der Waals surface area contributed by atoms with Gasteiger partial charge >= 0.3 is 0 Å². The Morgan fingerprint density at radius 3 is 1.64 bits per heavy atom. The SMILES string of the molecule is FC(F)C(F)C(F)C(F)CI. The predicted molar refractivity (Wildman–Crippen MR) is 39.6 cm³/mol. The van der Waals surface area contributed by atoms with Gasteiger partial charge in [0.15, 0.2) is 12.3 Å². The van der Waals surface area contributed by atoms with Crippen molar-refractivity contribution in [2.75, 3.05) is 4.43 Å². The molecule has 0 rings (SSSR count). The van der Waals surface area contributed by atoms with E-state index in [1.54, 1.807) is 0 Å². The summed E-state index contributed by atoms with van der Waals surface area (Å²) in [6.45, 7) is 0. The van der Waals surface area contributed by atoms with Crippen molar-refractivity contribution in [1.29, 1.82) is 0 Å². The van der Waals surface area contributed by atoms with E-state index < -0.39 is 24.9 Å². The summed E-state index contributed by atoms with van der Waals surface area (Å²) >= 11 is 1.46. The van der Waals surface area contributed by atoms with E-state index in [0.29, 0.717) is 0 Å². The van der Waals surface area contributed by atoms with Gasteiger partial charge in [-0.2, -0.15) is 0 Å². The highest BCUT2D eigenvalue weighted by Crippen LogP contribution is 2.19. The first-order valence-corrected chi connectivity index (χ1v) is 4.29. The molecule has 0 nitrogen and oxygen atoms in total. The van der Waals surface area contributed by atoms with Crippen molar-refractivity contribution in [2.45, 2.75) is 24.9 Å². The maximum Gasteiger partial charge on any atom is 0.272 e. The zero-order valence-electron chi connectivity index (χ0n) is 5.28. The van der Waals surface area contributed by atoms with Crippen LogP contribution in [0.2, 0.25) is 0 Å². The molecule has 0 bridgehead atoms. The highest BCUT2D eigenvalue weighted by atomic mass is 127. The average Bonchev–Trinajstić information content (AvgIpc) is 2.00. The Morgan fingerprint density at radius 2 is 1.36 bits per heavy atom. The third-order valence-electron chi connectivity index (χ3n) is 1.04. The fraction of sp³-hybridized carbons (Fsp3) is 1.00. The van der Waals surface area contributed by atoms with E-state index in [9.17, 15) is 22.0 Å². The van der Waals surface area contributed by atoms with Crippen LogP contribution in [0.4, 0.5) is 22.0 Å². The van der Waals surface area contributed by atoms with Crippen LogP contribution in [0.1, 0.15) is 0 Å². The van der Waals surface area contributed by atoms with E-state index in [2.05, 4.69) is 0 Å². The molecule has 0 aromatic heterocycles. The number of halogens is 6. The first-order chi connectivity index (χ1) is 5.00. The van der Waals surface area contributed by atoms with Crippen LogP contribution in [0.25, 0.3) is 0 Å². The molecule has 0 aliphatic carbocycles. The molecule has 0 heterocycles. The van der Waals surface area contributed by atoms with E-state index in [0.717, 1.165) is 0 Å². The Balaban J connectivity index is 3.90. The minimum absolute atomic E-state index is 0.327. The standard InChI is InChI=1S/C5H6F5I/c6-2(1-11)3(7)4(8)5(9)10/h2-5H,1H2. The molecule has 0 aliphatic heterocycles. The van der Waals surface area contributed by atoms with Crippen molar-refractivity contribution in [3.05, 3.63) is 0 Å². The monoisotopic (exact) mass is 288 g/mol. The van der Waals surface area contributed by atoms with Gasteiger partial charge in [-0.25, -0.2) is 22.0 Å². The number of hydrogen-bond acceptors (Lipinski definition) is 0. The molecule has 0 N–H and O–H groups in total. The molecule has 0 aliphatic rings. The van der Waals surface area contributed by atoms with Gasteiger partial charge in [0.25, 0.3) is 6.43 Å². The van der Waals surface area contributed by atoms with Gasteiger partial charge in [0.1, 0.15) is 6.17 Å².